The quantitative estimate of drug-likeness (QED) is 0.753. The lowest BCUT2D eigenvalue weighted by atomic mass is 10.2. The molecule has 0 atom stereocenters. The lowest BCUT2D eigenvalue weighted by molar-refractivity contribution is 0.593. The fraction of sp³-hybridized carbons (Fsp3) is 0. The van der Waals surface area contributed by atoms with Crippen molar-refractivity contribution in [1.82, 2.24) is 0 Å². The van der Waals surface area contributed by atoms with E-state index in [4.69, 9.17) is 5.14 Å². The third-order valence-corrected chi connectivity index (χ3v) is 5.29. The Balaban J connectivity index is 2.31. The average Bonchev–Trinajstić information content (AvgIpc) is 2.47. The molecule has 0 spiro atoms. The fourth-order valence-corrected chi connectivity index (χ4v) is 3.67. The highest BCUT2D eigenvalue weighted by atomic mass is 79.9. The summed E-state index contributed by atoms with van der Waals surface area (Å²) in [4.78, 5) is -0.650. The number of halogens is 2. The van der Waals surface area contributed by atoms with E-state index in [1.54, 1.807) is 24.3 Å². The van der Waals surface area contributed by atoms with Crippen LogP contribution in [0.25, 0.3) is 6.08 Å². The maximum Gasteiger partial charge on any atom is 0.255 e. The molecular formula is C14H12BrFN2O4S2. The Morgan fingerprint density at radius 2 is 1.67 bits per heavy atom. The number of hydrogen-bond acceptors (Lipinski definition) is 4. The molecule has 24 heavy (non-hydrogen) atoms. The first kappa shape index (κ1) is 18.6. The van der Waals surface area contributed by atoms with Crippen molar-refractivity contribution in [2.75, 3.05) is 4.72 Å². The van der Waals surface area contributed by atoms with Crippen LogP contribution in [0.1, 0.15) is 5.56 Å². The van der Waals surface area contributed by atoms with Crippen LogP contribution in [-0.4, -0.2) is 16.8 Å². The predicted molar refractivity (Wildman–Crippen MR) is 93.5 cm³/mol. The molecule has 0 radical (unpaired) electrons. The number of rotatable bonds is 5. The highest BCUT2D eigenvalue weighted by Crippen LogP contribution is 2.23. The molecule has 2 aromatic rings. The topological polar surface area (TPSA) is 106 Å². The summed E-state index contributed by atoms with van der Waals surface area (Å²) >= 11 is 3.26. The Bertz CT molecular complexity index is 988. The van der Waals surface area contributed by atoms with Gasteiger partial charge >= 0.3 is 0 Å². The first-order valence-electron chi connectivity index (χ1n) is 6.36. The van der Waals surface area contributed by atoms with Crippen molar-refractivity contribution < 1.29 is 21.2 Å². The molecule has 2 aromatic carbocycles. The molecule has 6 nitrogen and oxygen atoms in total. The van der Waals surface area contributed by atoms with Gasteiger partial charge in [-0.2, -0.15) is 0 Å². The fourth-order valence-electron chi connectivity index (χ4n) is 1.75. The molecule has 0 aliphatic heterocycles. The molecule has 0 heterocycles. The largest absolute Gasteiger partial charge is 0.279 e. The Labute approximate surface area is 147 Å². The van der Waals surface area contributed by atoms with Gasteiger partial charge in [-0.1, -0.05) is 28.1 Å². The van der Waals surface area contributed by atoms with Gasteiger partial charge in [-0.15, -0.1) is 0 Å². The third-order valence-electron chi connectivity index (χ3n) is 2.81. The van der Waals surface area contributed by atoms with Crippen LogP contribution in [0.15, 0.2) is 57.2 Å². The number of sulfonamides is 2. The van der Waals surface area contributed by atoms with E-state index in [-0.39, 0.29) is 5.69 Å². The van der Waals surface area contributed by atoms with Crippen molar-refractivity contribution in [3.63, 3.8) is 0 Å². The first-order valence-corrected chi connectivity index (χ1v) is 10.2. The van der Waals surface area contributed by atoms with Gasteiger partial charge in [-0.3, -0.25) is 4.72 Å². The predicted octanol–water partition coefficient (Wildman–Crippen LogP) is 2.65. The van der Waals surface area contributed by atoms with E-state index >= 15 is 0 Å². The minimum absolute atomic E-state index is 0.334. The van der Waals surface area contributed by atoms with Gasteiger partial charge in [-0.25, -0.2) is 26.4 Å². The van der Waals surface area contributed by atoms with Crippen molar-refractivity contribution in [1.29, 1.82) is 0 Å². The van der Waals surface area contributed by atoms with Gasteiger partial charge in [0.15, 0.2) is 0 Å². The molecule has 3 N–H and O–H groups in total. The molecule has 0 fully saturated rings. The summed E-state index contributed by atoms with van der Waals surface area (Å²) in [7, 11) is -8.32. The van der Waals surface area contributed by atoms with E-state index in [1.807, 2.05) is 0 Å². The summed E-state index contributed by atoms with van der Waals surface area (Å²) < 4.78 is 63.1. The number of primary sulfonamides is 1. The number of nitrogens with one attached hydrogen (secondary N) is 1. The monoisotopic (exact) mass is 434 g/mol. The van der Waals surface area contributed by atoms with Gasteiger partial charge in [0.2, 0.25) is 10.0 Å². The zero-order valence-electron chi connectivity index (χ0n) is 12.0. The van der Waals surface area contributed by atoms with E-state index < -0.39 is 30.8 Å². The van der Waals surface area contributed by atoms with Crippen molar-refractivity contribution in [3.8, 4) is 0 Å². The Morgan fingerprint density at radius 3 is 2.25 bits per heavy atom. The summed E-state index contributed by atoms with van der Waals surface area (Å²) in [6.07, 6.45) is 1.33. The molecule has 128 valence electrons. The van der Waals surface area contributed by atoms with Crippen molar-refractivity contribution >= 4 is 47.7 Å². The molecular weight excluding hydrogens is 423 g/mol. The molecule has 0 saturated carbocycles. The first-order chi connectivity index (χ1) is 11.1. The Morgan fingerprint density at radius 1 is 1.04 bits per heavy atom. The lowest BCUT2D eigenvalue weighted by Crippen LogP contribution is -2.17. The molecule has 0 aliphatic rings. The van der Waals surface area contributed by atoms with E-state index in [0.29, 0.717) is 11.6 Å². The summed E-state index contributed by atoms with van der Waals surface area (Å²) in [5, 5.41) is 5.84. The maximum absolute atomic E-state index is 13.2. The lowest BCUT2D eigenvalue weighted by Gasteiger charge is -2.09. The molecule has 10 heteroatoms. The van der Waals surface area contributed by atoms with Gasteiger partial charge in [0.1, 0.15) is 10.7 Å². The maximum atomic E-state index is 13.2. The van der Waals surface area contributed by atoms with E-state index in [0.717, 1.165) is 22.0 Å². The second kappa shape index (κ2) is 7.01. The minimum Gasteiger partial charge on any atom is -0.279 e. The van der Waals surface area contributed by atoms with Gasteiger partial charge in [0, 0.05) is 4.47 Å². The second-order valence-electron chi connectivity index (χ2n) is 4.69. The number of benzene rings is 2. The highest BCUT2D eigenvalue weighted by Gasteiger charge is 2.18. The standard InChI is InChI=1S/C14H12BrFN2O4S2/c15-11-3-1-10(2-4-11)7-8-23(19,20)18-13-6-5-12(16)9-14(13)24(17,21)22/h1-9,18H,(H2,17,21,22). The Kier molecular flexibility index (Phi) is 5.43. The molecule has 2 rings (SSSR count). The summed E-state index contributed by atoms with van der Waals surface area (Å²) in [5.41, 5.74) is 0.286. The van der Waals surface area contributed by atoms with Crippen LogP contribution in [-0.2, 0) is 20.0 Å². The normalized spacial score (nSPS) is 12.5. The second-order valence-corrected chi connectivity index (χ2v) is 8.70. The van der Waals surface area contributed by atoms with E-state index in [1.165, 1.54) is 6.08 Å². The molecule has 0 bridgehead atoms. The van der Waals surface area contributed by atoms with Crippen LogP contribution >= 0.6 is 15.9 Å². The number of hydrogen-bond donors (Lipinski definition) is 2. The smallest absolute Gasteiger partial charge is 0.255 e. The summed E-state index contributed by atoms with van der Waals surface area (Å²) in [6, 6.07) is 9.39. The van der Waals surface area contributed by atoms with Gasteiger partial charge < -0.3 is 0 Å². The Hall–Kier alpha value is -1.75. The molecule has 0 aliphatic carbocycles. The molecule has 0 amide bonds. The molecule has 0 saturated heterocycles. The number of anilines is 1. The van der Waals surface area contributed by atoms with Crippen LogP contribution in [0.2, 0.25) is 0 Å². The van der Waals surface area contributed by atoms with Crippen LogP contribution < -0.4 is 9.86 Å². The van der Waals surface area contributed by atoms with E-state index in [2.05, 4.69) is 20.7 Å². The van der Waals surface area contributed by atoms with Gasteiger partial charge in [0.25, 0.3) is 10.0 Å². The number of nitrogens with two attached hydrogens (primary N) is 1. The minimum atomic E-state index is -4.30. The molecule has 0 aromatic heterocycles. The molecule has 0 unspecified atom stereocenters. The van der Waals surface area contributed by atoms with Crippen molar-refractivity contribution in [3.05, 3.63) is 63.7 Å². The van der Waals surface area contributed by atoms with Crippen molar-refractivity contribution in [2.45, 2.75) is 4.90 Å². The zero-order valence-corrected chi connectivity index (χ0v) is 15.2. The van der Waals surface area contributed by atoms with Gasteiger partial charge in [-0.05, 0) is 42.0 Å². The third kappa shape index (κ3) is 5.13. The van der Waals surface area contributed by atoms with Crippen LogP contribution in [0.4, 0.5) is 10.1 Å². The van der Waals surface area contributed by atoms with E-state index in [9.17, 15) is 21.2 Å². The van der Waals surface area contributed by atoms with Crippen LogP contribution in [0.5, 0.6) is 0 Å². The summed E-state index contributed by atoms with van der Waals surface area (Å²) in [6.45, 7) is 0. The zero-order chi connectivity index (χ0) is 18.0. The highest BCUT2D eigenvalue weighted by molar-refractivity contribution is 9.10. The van der Waals surface area contributed by atoms with Crippen LogP contribution in [0, 0.1) is 5.82 Å². The van der Waals surface area contributed by atoms with Crippen molar-refractivity contribution in [2.24, 2.45) is 5.14 Å². The van der Waals surface area contributed by atoms with Gasteiger partial charge in [0.05, 0.1) is 11.1 Å². The average molecular weight is 435 g/mol. The SMILES string of the molecule is NS(=O)(=O)c1cc(F)ccc1NS(=O)(=O)C=Cc1ccc(Br)cc1. The summed E-state index contributed by atoms with van der Waals surface area (Å²) in [5.74, 6) is -0.854. The van der Waals surface area contributed by atoms with Crippen LogP contribution in [0.3, 0.4) is 0 Å².